The summed E-state index contributed by atoms with van der Waals surface area (Å²) in [6.45, 7) is 6.51. The van der Waals surface area contributed by atoms with Gasteiger partial charge in [0.2, 0.25) is 0 Å². The molecule has 4 rings (SSSR count). The molecule has 0 unspecified atom stereocenters. The Morgan fingerprint density at radius 3 is 2.74 bits per heavy atom. The fraction of sp³-hybridized carbons (Fsp3) is 0.385. The molecule has 1 saturated heterocycles. The Morgan fingerprint density at radius 1 is 1.06 bits per heavy atom. The van der Waals surface area contributed by atoms with Gasteiger partial charge in [-0.3, -0.25) is 4.79 Å². The molecule has 1 fully saturated rings. The van der Waals surface area contributed by atoms with Crippen LogP contribution in [0.25, 0.3) is 22.2 Å². The molecule has 5 heteroatoms. The maximum atomic E-state index is 13.2. The van der Waals surface area contributed by atoms with Crippen molar-refractivity contribution >= 4 is 16.8 Å². The molecule has 162 valence electrons. The van der Waals surface area contributed by atoms with Crippen LogP contribution in [0, 0.1) is 0 Å². The van der Waals surface area contributed by atoms with Gasteiger partial charge in [0.05, 0.1) is 23.4 Å². The van der Waals surface area contributed by atoms with Crippen LogP contribution in [0.3, 0.4) is 0 Å². The fourth-order valence-electron chi connectivity index (χ4n) is 4.02. The van der Waals surface area contributed by atoms with Gasteiger partial charge in [0.25, 0.3) is 5.91 Å². The molecule has 0 saturated carbocycles. The molecule has 31 heavy (non-hydrogen) atoms. The minimum Gasteiger partial charge on any atom is -0.494 e. The SMILES string of the molecule is CCCNCCCOc1cccc(-c2cc(C(=O)N3CCCC3)c3ccccc3n2)c1. The van der Waals surface area contributed by atoms with Gasteiger partial charge in [-0.1, -0.05) is 37.3 Å². The fourth-order valence-corrected chi connectivity index (χ4v) is 4.02. The molecule has 0 spiro atoms. The van der Waals surface area contributed by atoms with Crippen molar-refractivity contribution in [2.45, 2.75) is 32.6 Å². The predicted molar refractivity (Wildman–Crippen MR) is 126 cm³/mol. The summed E-state index contributed by atoms with van der Waals surface area (Å²) in [5.74, 6) is 0.930. The number of amides is 1. The summed E-state index contributed by atoms with van der Waals surface area (Å²) in [5, 5.41) is 4.30. The number of para-hydroxylation sites is 1. The molecular formula is C26H31N3O2. The second-order valence-electron chi connectivity index (χ2n) is 8.05. The highest BCUT2D eigenvalue weighted by Gasteiger charge is 2.22. The molecule has 1 aliphatic heterocycles. The van der Waals surface area contributed by atoms with Crippen molar-refractivity contribution in [2.24, 2.45) is 0 Å². The Kier molecular flexibility index (Phi) is 7.15. The topological polar surface area (TPSA) is 54.5 Å². The van der Waals surface area contributed by atoms with E-state index in [0.29, 0.717) is 6.61 Å². The zero-order valence-electron chi connectivity index (χ0n) is 18.3. The zero-order valence-corrected chi connectivity index (χ0v) is 18.3. The van der Waals surface area contributed by atoms with Crippen LogP contribution in [0.15, 0.2) is 54.6 Å². The average Bonchev–Trinajstić information content (AvgIpc) is 3.35. The number of ether oxygens (including phenoxy) is 1. The summed E-state index contributed by atoms with van der Waals surface area (Å²) in [6.07, 6.45) is 4.26. The van der Waals surface area contributed by atoms with E-state index in [1.54, 1.807) is 0 Å². The lowest BCUT2D eigenvalue weighted by atomic mass is 10.0. The van der Waals surface area contributed by atoms with Gasteiger partial charge in [-0.25, -0.2) is 4.98 Å². The number of pyridine rings is 1. The molecule has 3 aromatic rings. The number of carbonyl (C=O) groups excluding carboxylic acids is 1. The number of hydrogen-bond donors (Lipinski definition) is 1. The van der Waals surface area contributed by atoms with Gasteiger partial charge >= 0.3 is 0 Å². The summed E-state index contributed by atoms with van der Waals surface area (Å²) >= 11 is 0. The van der Waals surface area contributed by atoms with Gasteiger partial charge < -0.3 is 15.0 Å². The molecule has 0 atom stereocenters. The Balaban J connectivity index is 1.57. The number of carbonyl (C=O) groups is 1. The average molecular weight is 418 g/mol. The number of benzene rings is 2. The molecular weight excluding hydrogens is 386 g/mol. The molecule has 2 heterocycles. The zero-order chi connectivity index (χ0) is 21.5. The smallest absolute Gasteiger partial charge is 0.254 e. The Morgan fingerprint density at radius 2 is 1.90 bits per heavy atom. The van der Waals surface area contributed by atoms with Crippen molar-refractivity contribution in [3.63, 3.8) is 0 Å². The second kappa shape index (κ2) is 10.4. The number of nitrogens with zero attached hydrogens (tertiary/aromatic N) is 2. The van der Waals surface area contributed by atoms with E-state index in [9.17, 15) is 4.79 Å². The summed E-state index contributed by atoms with van der Waals surface area (Å²) in [4.78, 5) is 20.0. The number of hydrogen-bond acceptors (Lipinski definition) is 4. The normalized spacial score (nSPS) is 13.6. The van der Waals surface area contributed by atoms with Crippen LogP contribution in [0.5, 0.6) is 5.75 Å². The Bertz CT molecular complexity index is 1030. The lowest BCUT2D eigenvalue weighted by Crippen LogP contribution is -2.27. The van der Waals surface area contributed by atoms with Crippen LogP contribution < -0.4 is 10.1 Å². The van der Waals surface area contributed by atoms with Crippen LogP contribution in [0.4, 0.5) is 0 Å². The van der Waals surface area contributed by atoms with Crippen LogP contribution in [0.1, 0.15) is 43.0 Å². The van der Waals surface area contributed by atoms with Crippen molar-refractivity contribution in [2.75, 3.05) is 32.8 Å². The van der Waals surface area contributed by atoms with Crippen molar-refractivity contribution < 1.29 is 9.53 Å². The lowest BCUT2D eigenvalue weighted by molar-refractivity contribution is 0.0794. The minimum absolute atomic E-state index is 0.101. The lowest BCUT2D eigenvalue weighted by Gasteiger charge is -2.17. The maximum Gasteiger partial charge on any atom is 0.254 e. The van der Waals surface area contributed by atoms with Gasteiger partial charge in [-0.15, -0.1) is 0 Å². The van der Waals surface area contributed by atoms with E-state index >= 15 is 0 Å². The molecule has 0 bridgehead atoms. The van der Waals surface area contributed by atoms with Crippen LogP contribution in [-0.4, -0.2) is 48.6 Å². The van der Waals surface area contributed by atoms with Gasteiger partial charge in [-0.2, -0.15) is 0 Å². The summed E-state index contributed by atoms with van der Waals surface area (Å²) in [6, 6.07) is 17.8. The molecule has 0 aliphatic carbocycles. The Labute approximate surface area is 184 Å². The van der Waals surface area contributed by atoms with E-state index in [-0.39, 0.29) is 5.91 Å². The quantitative estimate of drug-likeness (QED) is 0.503. The molecule has 5 nitrogen and oxygen atoms in total. The number of aromatic nitrogens is 1. The molecule has 1 aromatic heterocycles. The third-order valence-corrected chi connectivity index (χ3v) is 5.66. The third-order valence-electron chi connectivity index (χ3n) is 5.66. The van der Waals surface area contributed by atoms with Crippen molar-refractivity contribution in [3.05, 3.63) is 60.2 Å². The first-order chi connectivity index (χ1) is 15.3. The third kappa shape index (κ3) is 5.23. The first-order valence-corrected chi connectivity index (χ1v) is 11.4. The number of nitrogens with one attached hydrogen (secondary N) is 1. The largest absolute Gasteiger partial charge is 0.494 e. The summed E-state index contributed by atoms with van der Waals surface area (Å²) in [7, 11) is 0. The number of likely N-dealkylation sites (tertiary alicyclic amines) is 1. The predicted octanol–water partition coefficient (Wildman–Crippen LogP) is 4.91. The first kappa shape index (κ1) is 21.3. The molecule has 2 aromatic carbocycles. The van der Waals surface area contributed by atoms with E-state index in [1.165, 1.54) is 0 Å². The summed E-state index contributed by atoms with van der Waals surface area (Å²) in [5.41, 5.74) is 3.34. The van der Waals surface area contributed by atoms with Crippen LogP contribution in [-0.2, 0) is 0 Å². The molecule has 0 radical (unpaired) electrons. The van der Waals surface area contributed by atoms with Gasteiger partial charge in [0.15, 0.2) is 0 Å². The van der Waals surface area contributed by atoms with Gasteiger partial charge in [0.1, 0.15) is 5.75 Å². The van der Waals surface area contributed by atoms with E-state index < -0.39 is 0 Å². The van der Waals surface area contributed by atoms with Gasteiger partial charge in [0, 0.05) is 24.0 Å². The highest BCUT2D eigenvalue weighted by atomic mass is 16.5. The van der Waals surface area contributed by atoms with E-state index in [4.69, 9.17) is 9.72 Å². The highest BCUT2D eigenvalue weighted by Crippen LogP contribution is 2.28. The van der Waals surface area contributed by atoms with Crippen LogP contribution in [0.2, 0.25) is 0 Å². The van der Waals surface area contributed by atoms with E-state index in [1.807, 2.05) is 59.5 Å². The maximum absolute atomic E-state index is 13.2. The monoisotopic (exact) mass is 417 g/mol. The minimum atomic E-state index is 0.101. The Hall–Kier alpha value is -2.92. The van der Waals surface area contributed by atoms with Crippen molar-refractivity contribution in [1.82, 2.24) is 15.2 Å². The first-order valence-electron chi connectivity index (χ1n) is 11.4. The highest BCUT2D eigenvalue weighted by molar-refractivity contribution is 6.07. The molecule has 1 N–H and O–H groups in total. The van der Waals surface area contributed by atoms with Crippen LogP contribution >= 0.6 is 0 Å². The molecule has 1 amide bonds. The molecule has 1 aliphatic rings. The van der Waals surface area contributed by atoms with Crippen molar-refractivity contribution in [3.8, 4) is 17.0 Å². The number of fused-ring (bicyclic) bond motifs is 1. The van der Waals surface area contributed by atoms with Gasteiger partial charge in [-0.05, 0) is 63.0 Å². The summed E-state index contributed by atoms with van der Waals surface area (Å²) < 4.78 is 5.95. The van der Waals surface area contributed by atoms with E-state index in [0.717, 1.165) is 85.3 Å². The van der Waals surface area contributed by atoms with E-state index in [2.05, 4.69) is 12.2 Å². The number of rotatable bonds is 9. The standard InChI is InChI=1S/C26H31N3O2/c1-2-13-27-14-8-17-31-21-10-7-9-20(18-21)25-19-23(26(30)29-15-5-6-16-29)22-11-3-4-12-24(22)28-25/h3-4,7,9-12,18-19,27H,2,5-6,8,13-17H2,1H3. The van der Waals surface area contributed by atoms with Crippen molar-refractivity contribution in [1.29, 1.82) is 0 Å². The second-order valence-corrected chi connectivity index (χ2v) is 8.05.